The quantitative estimate of drug-likeness (QED) is 0.836. The van der Waals surface area contributed by atoms with Gasteiger partial charge in [-0.05, 0) is 26.3 Å². The van der Waals surface area contributed by atoms with Gasteiger partial charge in [0.1, 0.15) is 0 Å². The summed E-state index contributed by atoms with van der Waals surface area (Å²) in [7, 11) is 1.81. The second-order valence-electron chi connectivity index (χ2n) is 6.27. The van der Waals surface area contributed by atoms with Crippen LogP contribution in [-0.2, 0) is 7.05 Å². The number of piperidine rings is 1. The molecular weight excluding hydrogens is 296 g/mol. The Labute approximate surface area is 134 Å². The molecule has 7 nitrogen and oxygen atoms in total. The topological polar surface area (TPSA) is 91.5 Å². The van der Waals surface area contributed by atoms with Crippen molar-refractivity contribution in [3.8, 4) is 0 Å². The lowest BCUT2D eigenvalue weighted by Crippen LogP contribution is -2.47. The number of aromatic nitrogens is 3. The molecule has 3 rings (SSSR count). The van der Waals surface area contributed by atoms with E-state index in [0.29, 0.717) is 24.2 Å². The molecule has 2 atom stereocenters. The first kappa shape index (κ1) is 15.9. The number of aliphatic hydroxyl groups is 2. The maximum Gasteiger partial charge on any atom is 0.254 e. The predicted molar refractivity (Wildman–Crippen MR) is 85.1 cm³/mol. The molecule has 7 heteroatoms. The number of pyridine rings is 1. The number of carbonyl (C=O) groups is 1. The Balaban J connectivity index is 1.99. The zero-order chi connectivity index (χ0) is 16.7. The molecule has 0 aliphatic carbocycles. The van der Waals surface area contributed by atoms with Gasteiger partial charge < -0.3 is 15.1 Å². The van der Waals surface area contributed by atoms with E-state index in [9.17, 15) is 15.0 Å². The molecule has 1 fully saturated rings. The fourth-order valence-corrected chi connectivity index (χ4v) is 3.29. The van der Waals surface area contributed by atoms with Crippen LogP contribution in [0.5, 0.6) is 0 Å². The van der Waals surface area contributed by atoms with Crippen LogP contribution in [0.3, 0.4) is 0 Å². The highest BCUT2D eigenvalue weighted by molar-refractivity contribution is 6.06. The monoisotopic (exact) mass is 318 g/mol. The molecule has 0 bridgehead atoms. The number of β-amino-alcohol motifs (C(OH)–C–C–N with tert-alkyl or cyclic N) is 1. The lowest BCUT2D eigenvalue weighted by Gasteiger charge is -2.35. The van der Waals surface area contributed by atoms with Crippen LogP contribution in [0.2, 0.25) is 0 Å². The fourth-order valence-electron chi connectivity index (χ4n) is 3.29. The molecule has 1 aliphatic rings. The molecule has 0 spiro atoms. The van der Waals surface area contributed by atoms with Gasteiger partial charge in [-0.2, -0.15) is 5.10 Å². The minimum absolute atomic E-state index is 0.0521. The van der Waals surface area contributed by atoms with Crippen LogP contribution >= 0.6 is 0 Å². The Morgan fingerprint density at radius 3 is 2.83 bits per heavy atom. The number of rotatable bonds is 2. The fraction of sp³-hybridized carbons (Fsp3) is 0.562. The van der Waals surface area contributed by atoms with Crippen LogP contribution < -0.4 is 0 Å². The number of hydrogen-bond donors (Lipinski definition) is 2. The number of likely N-dealkylation sites (tertiary alicyclic amines) is 1. The van der Waals surface area contributed by atoms with Crippen LogP contribution in [0, 0.1) is 19.8 Å². The van der Waals surface area contributed by atoms with Gasteiger partial charge in [0.15, 0.2) is 5.65 Å². The van der Waals surface area contributed by atoms with Crippen molar-refractivity contribution in [1.82, 2.24) is 19.7 Å². The number of carbonyl (C=O) groups excluding carboxylic acids is 1. The second kappa shape index (κ2) is 5.90. The molecule has 1 saturated heterocycles. The zero-order valence-electron chi connectivity index (χ0n) is 13.7. The van der Waals surface area contributed by atoms with Gasteiger partial charge in [0.25, 0.3) is 5.91 Å². The van der Waals surface area contributed by atoms with Gasteiger partial charge in [0, 0.05) is 38.4 Å². The summed E-state index contributed by atoms with van der Waals surface area (Å²) in [6, 6.07) is 1.78. The van der Waals surface area contributed by atoms with Gasteiger partial charge in [0.2, 0.25) is 0 Å². The summed E-state index contributed by atoms with van der Waals surface area (Å²) in [4.78, 5) is 19.1. The van der Waals surface area contributed by atoms with E-state index >= 15 is 0 Å². The molecule has 2 N–H and O–H groups in total. The van der Waals surface area contributed by atoms with Crippen molar-refractivity contribution in [1.29, 1.82) is 0 Å². The third kappa shape index (κ3) is 2.70. The van der Waals surface area contributed by atoms with Crippen molar-refractivity contribution in [3.63, 3.8) is 0 Å². The van der Waals surface area contributed by atoms with Gasteiger partial charge in [-0.15, -0.1) is 0 Å². The first-order chi connectivity index (χ1) is 10.9. The molecular formula is C16H22N4O3. The normalized spacial score (nSPS) is 21.9. The maximum atomic E-state index is 13.0. The highest BCUT2D eigenvalue weighted by Gasteiger charge is 2.31. The summed E-state index contributed by atoms with van der Waals surface area (Å²) in [5.74, 6) is -0.273. The summed E-state index contributed by atoms with van der Waals surface area (Å²) in [6.07, 6.45) is -0.0889. The van der Waals surface area contributed by atoms with Gasteiger partial charge in [-0.25, -0.2) is 4.98 Å². The first-order valence-electron chi connectivity index (χ1n) is 7.81. The van der Waals surface area contributed by atoms with E-state index in [-0.39, 0.29) is 25.0 Å². The molecule has 0 radical (unpaired) electrons. The molecule has 0 unspecified atom stereocenters. The minimum atomic E-state index is -0.689. The zero-order valence-corrected chi connectivity index (χ0v) is 13.7. The number of hydrogen-bond acceptors (Lipinski definition) is 5. The Kier molecular flexibility index (Phi) is 4.08. The van der Waals surface area contributed by atoms with Gasteiger partial charge in [-0.1, -0.05) is 0 Å². The second-order valence-corrected chi connectivity index (χ2v) is 6.27. The summed E-state index contributed by atoms with van der Waals surface area (Å²) in [6.45, 7) is 4.44. The highest BCUT2D eigenvalue weighted by Crippen LogP contribution is 2.25. The van der Waals surface area contributed by atoms with Crippen LogP contribution in [0.15, 0.2) is 6.07 Å². The Morgan fingerprint density at radius 2 is 2.17 bits per heavy atom. The first-order valence-corrected chi connectivity index (χ1v) is 7.81. The summed E-state index contributed by atoms with van der Waals surface area (Å²) < 4.78 is 1.68. The summed E-state index contributed by atoms with van der Waals surface area (Å²) >= 11 is 0. The van der Waals surface area contributed by atoms with Crippen LogP contribution in [0.4, 0.5) is 0 Å². The molecule has 0 saturated carbocycles. The standard InChI is InChI=1S/C16H22N4O3/c1-9-6-12(14-10(2)18-19(3)15(14)17-9)16(23)20-5-4-11(8-21)13(22)7-20/h6,11,13,21-22H,4-5,7-8H2,1-3H3/t11-,13+/m0/s1. The molecule has 124 valence electrons. The molecule has 1 aliphatic heterocycles. The van der Waals surface area contributed by atoms with E-state index in [4.69, 9.17) is 0 Å². The van der Waals surface area contributed by atoms with E-state index in [1.54, 1.807) is 15.6 Å². The van der Waals surface area contributed by atoms with E-state index in [2.05, 4.69) is 10.1 Å². The number of aliphatic hydroxyl groups excluding tert-OH is 2. The van der Waals surface area contributed by atoms with Crippen LogP contribution in [0.25, 0.3) is 11.0 Å². The smallest absolute Gasteiger partial charge is 0.254 e. The Morgan fingerprint density at radius 1 is 1.43 bits per heavy atom. The molecule has 2 aromatic heterocycles. The molecule has 0 aromatic carbocycles. The van der Waals surface area contributed by atoms with Gasteiger partial charge in [-0.3, -0.25) is 9.48 Å². The Hall–Kier alpha value is -1.99. The average molecular weight is 318 g/mol. The van der Waals surface area contributed by atoms with Crippen molar-refractivity contribution < 1.29 is 15.0 Å². The molecule has 3 heterocycles. The lowest BCUT2D eigenvalue weighted by atomic mass is 9.94. The van der Waals surface area contributed by atoms with E-state index < -0.39 is 6.10 Å². The van der Waals surface area contributed by atoms with Crippen molar-refractivity contribution in [2.75, 3.05) is 19.7 Å². The summed E-state index contributed by atoms with van der Waals surface area (Å²) in [5.41, 5.74) is 2.79. The number of nitrogens with zero attached hydrogens (tertiary/aromatic N) is 4. The van der Waals surface area contributed by atoms with E-state index in [1.165, 1.54) is 0 Å². The summed E-state index contributed by atoms with van der Waals surface area (Å²) in [5, 5.41) is 24.4. The van der Waals surface area contributed by atoms with Crippen molar-refractivity contribution in [2.24, 2.45) is 13.0 Å². The predicted octanol–water partition coefficient (Wildman–Crippen LogP) is 0.400. The maximum absolute atomic E-state index is 13.0. The van der Waals surface area contributed by atoms with E-state index in [1.807, 2.05) is 20.9 Å². The van der Waals surface area contributed by atoms with Crippen molar-refractivity contribution >= 4 is 16.9 Å². The third-order valence-electron chi connectivity index (χ3n) is 4.57. The molecule has 2 aromatic rings. The van der Waals surface area contributed by atoms with Crippen molar-refractivity contribution in [2.45, 2.75) is 26.4 Å². The Bertz CT molecular complexity index is 755. The number of fused-ring (bicyclic) bond motifs is 1. The average Bonchev–Trinajstić information content (AvgIpc) is 2.80. The van der Waals surface area contributed by atoms with Gasteiger partial charge in [0.05, 0.1) is 22.7 Å². The van der Waals surface area contributed by atoms with Crippen LogP contribution in [-0.4, -0.2) is 61.6 Å². The third-order valence-corrected chi connectivity index (χ3v) is 4.57. The van der Waals surface area contributed by atoms with E-state index in [0.717, 1.165) is 16.8 Å². The van der Waals surface area contributed by atoms with Crippen molar-refractivity contribution in [3.05, 3.63) is 23.0 Å². The lowest BCUT2D eigenvalue weighted by molar-refractivity contribution is 0.000945. The SMILES string of the molecule is Cc1cc(C(=O)N2CC[C@@H](CO)[C@H](O)C2)c2c(C)nn(C)c2n1. The van der Waals surface area contributed by atoms with Crippen LogP contribution in [0.1, 0.15) is 28.2 Å². The highest BCUT2D eigenvalue weighted by atomic mass is 16.3. The largest absolute Gasteiger partial charge is 0.396 e. The number of aryl methyl sites for hydroxylation is 3. The molecule has 23 heavy (non-hydrogen) atoms. The molecule has 1 amide bonds. The minimum Gasteiger partial charge on any atom is -0.396 e. The van der Waals surface area contributed by atoms with Gasteiger partial charge >= 0.3 is 0 Å². The number of amides is 1.